The first-order valence-electron chi connectivity index (χ1n) is 8.39. The van der Waals surface area contributed by atoms with Crippen LogP contribution in [0.1, 0.15) is 18.1 Å². The van der Waals surface area contributed by atoms with E-state index in [1.807, 2.05) is 6.07 Å². The quantitative estimate of drug-likeness (QED) is 0.817. The third-order valence-electron chi connectivity index (χ3n) is 4.23. The van der Waals surface area contributed by atoms with E-state index in [0.29, 0.717) is 28.4 Å². The molecular weight excluding hydrogens is 368 g/mol. The van der Waals surface area contributed by atoms with Gasteiger partial charge in [-0.2, -0.15) is 5.26 Å². The maximum atomic E-state index is 12.4. The minimum Gasteiger partial charge on any atom is -0.492 e. The topological polar surface area (TPSA) is 88.4 Å². The van der Waals surface area contributed by atoms with Crippen LogP contribution in [0.15, 0.2) is 42.5 Å². The highest BCUT2D eigenvalue weighted by atomic mass is 35.5. The molecule has 0 bridgehead atoms. The van der Waals surface area contributed by atoms with Crippen molar-refractivity contribution < 1.29 is 19.1 Å². The fourth-order valence-electron chi connectivity index (χ4n) is 2.76. The molecule has 2 aromatic carbocycles. The molecule has 6 nitrogen and oxygen atoms in total. The number of esters is 1. The maximum Gasteiger partial charge on any atom is 0.313 e. The molecule has 3 rings (SSSR count). The third kappa shape index (κ3) is 4.39. The van der Waals surface area contributed by atoms with Gasteiger partial charge in [0.05, 0.1) is 17.2 Å². The zero-order valence-electron chi connectivity index (χ0n) is 14.6. The number of benzene rings is 2. The van der Waals surface area contributed by atoms with Gasteiger partial charge in [-0.25, -0.2) is 0 Å². The zero-order valence-corrected chi connectivity index (χ0v) is 15.3. The molecule has 7 heteroatoms. The number of nitriles is 1. The Morgan fingerprint density at radius 1 is 1.33 bits per heavy atom. The van der Waals surface area contributed by atoms with Crippen LogP contribution < -0.4 is 10.1 Å². The van der Waals surface area contributed by atoms with Crippen LogP contribution in [0.25, 0.3) is 0 Å². The van der Waals surface area contributed by atoms with Gasteiger partial charge in [-0.3, -0.25) is 9.59 Å². The minimum absolute atomic E-state index is 0.180. The summed E-state index contributed by atoms with van der Waals surface area (Å²) in [5.41, 5.74) is 1.53. The standard InChI is InChI=1S/C20H17ClN2O4/c1-12(19(24)23-17-5-3-2-4-13(17)10-22)27-20(25)15-8-14-9-16(21)6-7-18(14)26-11-15/h2-7,9,12,15H,8,11H2,1H3,(H,23,24)/t12-,15+/m1/s1. The lowest BCUT2D eigenvalue weighted by atomic mass is 9.97. The van der Waals surface area contributed by atoms with Gasteiger partial charge < -0.3 is 14.8 Å². The van der Waals surface area contributed by atoms with Gasteiger partial charge in [0.1, 0.15) is 18.4 Å². The molecule has 0 fully saturated rings. The van der Waals surface area contributed by atoms with Gasteiger partial charge in [-0.05, 0) is 49.2 Å². The smallest absolute Gasteiger partial charge is 0.313 e. The Bertz CT molecular complexity index is 922. The van der Waals surface area contributed by atoms with Gasteiger partial charge in [0.15, 0.2) is 6.10 Å². The van der Waals surface area contributed by atoms with E-state index in [9.17, 15) is 9.59 Å². The van der Waals surface area contributed by atoms with Crippen LogP contribution in [0.4, 0.5) is 5.69 Å². The van der Waals surface area contributed by atoms with Gasteiger partial charge in [-0.1, -0.05) is 23.7 Å². The van der Waals surface area contributed by atoms with Crippen molar-refractivity contribution in [1.29, 1.82) is 5.26 Å². The minimum atomic E-state index is -1.01. The lowest BCUT2D eigenvalue weighted by molar-refractivity contribution is -0.158. The van der Waals surface area contributed by atoms with Crippen molar-refractivity contribution in [2.45, 2.75) is 19.4 Å². The largest absolute Gasteiger partial charge is 0.492 e. The van der Waals surface area contributed by atoms with Crippen molar-refractivity contribution in [3.05, 3.63) is 58.6 Å². The van der Waals surface area contributed by atoms with E-state index in [0.717, 1.165) is 5.56 Å². The Hall–Kier alpha value is -3.04. The van der Waals surface area contributed by atoms with E-state index in [1.165, 1.54) is 6.92 Å². The van der Waals surface area contributed by atoms with E-state index in [2.05, 4.69) is 5.32 Å². The second-order valence-corrected chi connectivity index (χ2v) is 6.63. The van der Waals surface area contributed by atoms with E-state index < -0.39 is 23.9 Å². The van der Waals surface area contributed by atoms with Crippen molar-refractivity contribution in [1.82, 2.24) is 0 Å². The highest BCUT2D eigenvalue weighted by Crippen LogP contribution is 2.30. The summed E-state index contributed by atoms with van der Waals surface area (Å²) in [5.74, 6) is -0.844. The molecule has 2 atom stereocenters. The normalized spacial score (nSPS) is 16.3. The fourth-order valence-corrected chi connectivity index (χ4v) is 2.96. The summed E-state index contributed by atoms with van der Waals surface area (Å²) in [6, 6.07) is 13.9. The zero-order chi connectivity index (χ0) is 19.4. The van der Waals surface area contributed by atoms with Crippen molar-refractivity contribution in [2.75, 3.05) is 11.9 Å². The summed E-state index contributed by atoms with van der Waals surface area (Å²) in [6.45, 7) is 1.66. The first-order chi connectivity index (χ1) is 13.0. The summed E-state index contributed by atoms with van der Waals surface area (Å²) in [7, 11) is 0. The van der Waals surface area contributed by atoms with Gasteiger partial charge in [0.25, 0.3) is 5.91 Å². The molecule has 138 valence electrons. The second-order valence-electron chi connectivity index (χ2n) is 6.19. The number of nitrogens with zero attached hydrogens (tertiary/aromatic N) is 1. The summed E-state index contributed by atoms with van der Waals surface area (Å²) >= 11 is 5.98. The number of halogens is 1. The Kier molecular flexibility index (Phi) is 5.63. The van der Waals surface area contributed by atoms with E-state index in [4.69, 9.17) is 26.3 Å². The molecule has 1 aliphatic rings. The molecule has 0 aliphatic carbocycles. The molecule has 0 saturated carbocycles. The molecular formula is C20H17ClN2O4. The number of carbonyl (C=O) groups is 2. The SMILES string of the molecule is C[C@@H](OC(=O)[C@@H]1COc2ccc(Cl)cc2C1)C(=O)Nc1ccccc1C#N. The summed E-state index contributed by atoms with van der Waals surface area (Å²) < 4.78 is 10.9. The summed E-state index contributed by atoms with van der Waals surface area (Å²) in [4.78, 5) is 24.7. The molecule has 27 heavy (non-hydrogen) atoms. The Balaban J connectivity index is 1.60. The number of hydrogen-bond donors (Lipinski definition) is 1. The van der Waals surface area contributed by atoms with Crippen molar-refractivity contribution in [2.24, 2.45) is 5.92 Å². The highest BCUT2D eigenvalue weighted by Gasteiger charge is 2.30. The van der Waals surface area contributed by atoms with Crippen LogP contribution in [0, 0.1) is 17.2 Å². The average molecular weight is 385 g/mol. The molecule has 1 aliphatic heterocycles. The number of carbonyl (C=O) groups excluding carboxylic acids is 2. The Morgan fingerprint density at radius 2 is 2.11 bits per heavy atom. The van der Waals surface area contributed by atoms with Crippen molar-refractivity contribution in [3.8, 4) is 11.8 Å². The molecule has 1 N–H and O–H groups in total. The monoisotopic (exact) mass is 384 g/mol. The number of anilines is 1. The van der Waals surface area contributed by atoms with E-state index in [1.54, 1.807) is 42.5 Å². The predicted octanol–water partition coefficient (Wildman–Crippen LogP) is 3.33. The van der Waals surface area contributed by atoms with Crippen molar-refractivity contribution >= 4 is 29.2 Å². The molecule has 1 amide bonds. The molecule has 2 aromatic rings. The molecule has 1 heterocycles. The molecule has 0 saturated heterocycles. The number of rotatable bonds is 4. The summed E-state index contributed by atoms with van der Waals surface area (Å²) in [6.07, 6.45) is -0.578. The lowest BCUT2D eigenvalue weighted by Crippen LogP contribution is -2.36. The van der Waals surface area contributed by atoms with Crippen LogP contribution in [0.2, 0.25) is 5.02 Å². The van der Waals surface area contributed by atoms with E-state index in [-0.39, 0.29) is 6.61 Å². The molecule has 0 spiro atoms. The maximum absolute atomic E-state index is 12.4. The number of hydrogen-bond acceptors (Lipinski definition) is 5. The average Bonchev–Trinajstić information content (AvgIpc) is 2.67. The van der Waals surface area contributed by atoms with Crippen molar-refractivity contribution in [3.63, 3.8) is 0 Å². The number of nitrogens with one attached hydrogen (secondary N) is 1. The van der Waals surface area contributed by atoms with E-state index >= 15 is 0 Å². The third-order valence-corrected chi connectivity index (χ3v) is 4.46. The number of amides is 1. The van der Waals surface area contributed by atoms with Gasteiger partial charge >= 0.3 is 5.97 Å². The second kappa shape index (κ2) is 8.11. The molecule has 0 radical (unpaired) electrons. The first kappa shape index (κ1) is 18.7. The van der Waals surface area contributed by atoms with Crippen LogP contribution >= 0.6 is 11.6 Å². The van der Waals surface area contributed by atoms with Crippen LogP contribution in [0.5, 0.6) is 5.75 Å². The first-order valence-corrected chi connectivity index (χ1v) is 8.77. The number of ether oxygens (including phenoxy) is 2. The Morgan fingerprint density at radius 3 is 2.89 bits per heavy atom. The number of fused-ring (bicyclic) bond motifs is 1. The highest BCUT2D eigenvalue weighted by molar-refractivity contribution is 6.30. The molecule has 0 unspecified atom stereocenters. The predicted molar refractivity (Wildman–Crippen MR) is 99.5 cm³/mol. The number of para-hydroxylation sites is 1. The van der Waals surface area contributed by atoms with Crippen LogP contribution in [-0.4, -0.2) is 24.6 Å². The molecule has 0 aromatic heterocycles. The van der Waals surface area contributed by atoms with Gasteiger partial charge in [0, 0.05) is 5.02 Å². The van der Waals surface area contributed by atoms with Crippen LogP contribution in [-0.2, 0) is 20.7 Å². The van der Waals surface area contributed by atoms with Gasteiger partial charge in [0.2, 0.25) is 0 Å². The Labute approximate surface area is 161 Å². The van der Waals surface area contributed by atoms with Crippen LogP contribution in [0.3, 0.4) is 0 Å². The lowest BCUT2D eigenvalue weighted by Gasteiger charge is -2.25. The van der Waals surface area contributed by atoms with Gasteiger partial charge in [-0.15, -0.1) is 0 Å². The summed E-state index contributed by atoms with van der Waals surface area (Å²) in [5, 5.41) is 12.2. The fraction of sp³-hybridized carbons (Fsp3) is 0.250.